The number of ether oxygens (including phenoxy) is 1. The van der Waals surface area contributed by atoms with Gasteiger partial charge in [0.2, 0.25) is 0 Å². The smallest absolute Gasteiger partial charge is 0.340 e. The number of nitrogens with zero attached hydrogens (tertiary/aromatic N) is 1. The van der Waals surface area contributed by atoms with Crippen molar-refractivity contribution < 1.29 is 22.1 Å². The molecule has 0 aliphatic carbocycles. The van der Waals surface area contributed by atoms with E-state index in [1.807, 2.05) is 17.5 Å². The van der Waals surface area contributed by atoms with E-state index in [2.05, 4.69) is 0 Å². The highest BCUT2D eigenvalue weighted by Crippen LogP contribution is 2.28. The average Bonchev–Trinajstić information content (AvgIpc) is 3.25. The molecule has 9 heteroatoms. The number of hydrogen-bond donors (Lipinski definition) is 0. The molecule has 3 aromatic rings. The molecule has 1 heterocycles. The molecule has 0 saturated carbocycles. The number of halogens is 1. The zero-order valence-electron chi connectivity index (χ0n) is 17.1. The highest BCUT2D eigenvalue weighted by Gasteiger charge is 2.23. The van der Waals surface area contributed by atoms with Crippen molar-refractivity contribution in [2.45, 2.75) is 18.4 Å². The van der Waals surface area contributed by atoms with E-state index in [0.717, 1.165) is 5.56 Å². The lowest BCUT2D eigenvalue weighted by molar-refractivity contribution is 0.0685. The van der Waals surface area contributed by atoms with Gasteiger partial charge in [-0.15, -0.1) is 11.3 Å². The van der Waals surface area contributed by atoms with Crippen molar-refractivity contribution in [3.05, 3.63) is 81.0 Å². The molecule has 1 aromatic heterocycles. The maximum atomic E-state index is 12.8. The first-order valence-electron chi connectivity index (χ1n) is 9.42. The number of amides is 1. The van der Waals surface area contributed by atoms with Crippen molar-refractivity contribution in [3.63, 3.8) is 0 Å². The van der Waals surface area contributed by atoms with Gasteiger partial charge >= 0.3 is 10.1 Å². The molecular weight excluding hydrogens is 458 g/mol. The third kappa shape index (κ3) is 5.86. The van der Waals surface area contributed by atoms with Gasteiger partial charge in [0, 0.05) is 20.2 Å². The Morgan fingerprint density at radius 2 is 1.90 bits per heavy atom. The zero-order valence-corrected chi connectivity index (χ0v) is 19.5. The van der Waals surface area contributed by atoms with Crippen LogP contribution in [0.1, 0.15) is 20.8 Å². The molecule has 0 aliphatic rings. The molecule has 3 rings (SSSR count). The lowest BCUT2D eigenvalue weighted by atomic mass is 10.2. The molecule has 164 valence electrons. The second-order valence-electron chi connectivity index (χ2n) is 6.77. The molecule has 31 heavy (non-hydrogen) atoms. The predicted molar refractivity (Wildman–Crippen MR) is 121 cm³/mol. The molecule has 1 amide bonds. The van der Waals surface area contributed by atoms with Crippen molar-refractivity contribution in [3.8, 4) is 5.75 Å². The van der Waals surface area contributed by atoms with Crippen LogP contribution in [0.2, 0.25) is 5.02 Å². The molecular formula is C22H22ClNO5S2. The van der Waals surface area contributed by atoms with E-state index in [1.54, 1.807) is 55.3 Å². The van der Waals surface area contributed by atoms with Gasteiger partial charge in [-0.1, -0.05) is 41.9 Å². The van der Waals surface area contributed by atoms with Crippen LogP contribution in [0, 0.1) is 6.92 Å². The summed E-state index contributed by atoms with van der Waals surface area (Å²) in [6.07, 6.45) is 0. The summed E-state index contributed by atoms with van der Waals surface area (Å²) >= 11 is 7.46. The fourth-order valence-corrected chi connectivity index (χ4v) is 5.43. The second kappa shape index (κ2) is 10.3. The summed E-state index contributed by atoms with van der Waals surface area (Å²) < 4.78 is 36.1. The third-order valence-corrected chi connectivity index (χ3v) is 7.21. The molecule has 0 saturated heterocycles. The monoisotopic (exact) mass is 479 g/mol. The van der Waals surface area contributed by atoms with Crippen LogP contribution in [-0.2, 0) is 21.4 Å². The van der Waals surface area contributed by atoms with E-state index >= 15 is 0 Å². The van der Waals surface area contributed by atoms with Crippen molar-refractivity contribution in [2.75, 3.05) is 20.3 Å². The predicted octanol–water partition coefficient (Wildman–Crippen LogP) is 4.77. The van der Waals surface area contributed by atoms with E-state index in [-0.39, 0.29) is 28.1 Å². The Kier molecular flexibility index (Phi) is 7.72. The zero-order chi connectivity index (χ0) is 22.4. The van der Waals surface area contributed by atoms with Gasteiger partial charge in [0.1, 0.15) is 10.6 Å². The SMILES string of the molecule is COCCN(Cc1cccc(OS(=O)(=O)c2c(C)cccc2Cl)c1)C(=O)c1cccs1. The van der Waals surface area contributed by atoms with Crippen LogP contribution in [0.25, 0.3) is 0 Å². The van der Waals surface area contributed by atoms with Gasteiger partial charge < -0.3 is 13.8 Å². The highest BCUT2D eigenvalue weighted by atomic mass is 35.5. The van der Waals surface area contributed by atoms with E-state index in [0.29, 0.717) is 23.6 Å². The molecule has 0 spiro atoms. The topological polar surface area (TPSA) is 72.9 Å². The summed E-state index contributed by atoms with van der Waals surface area (Å²) in [6, 6.07) is 15.1. The second-order valence-corrected chi connectivity index (χ2v) is 9.61. The number of methoxy groups -OCH3 is 1. The van der Waals surface area contributed by atoms with Gasteiger partial charge in [-0.25, -0.2) is 0 Å². The summed E-state index contributed by atoms with van der Waals surface area (Å²) in [5.41, 5.74) is 1.22. The first-order chi connectivity index (χ1) is 14.8. The van der Waals surface area contributed by atoms with E-state index < -0.39 is 10.1 Å². The lowest BCUT2D eigenvalue weighted by Crippen LogP contribution is -2.33. The summed E-state index contributed by atoms with van der Waals surface area (Å²) in [5, 5.41) is 1.95. The molecule has 0 aliphatic heterocycles. The number of benzene rings is 2. The van der Waals surface area contributed by atoms with Crippen molar-refractivity contribution in [2.24, 2.45) is 0 Å². The Bertz CT molecular complexity index is 1130. The molecule has 2 aromatic carbocycles. The standard InChI is InChI=1S/C22H22ClNO5S2/c1-16-6-3-9-19(23)21(16)31(26,27)29-18-8-4-7-17(14-18)15-24(11-12-28-2)22(25)20-10-5-13-30-20/h3-10,13-14H,11-12,15H2,1-2H3. The van der Waals surface area contributed by atoms with Crippen LogP contribution in [0.15, 0.2) is 64.9 Å². The Labute approximate surface area is 191 Å². The number of carbonyl (C=O) groups excluding carboxylic acids is 1. The minimum Gasteiger partial charge on any atom is -0.383 e. The van der Waals surface area contributed by atoms with Crippen LogP contribution in [-0.4, -0.2) is 39.5 Å². The number of carbonyl (C=O) groups is 1. The summed E-state index contributed by atoms with van der Waals surface area (Å²) in [7, 11) is -2.54. The fourth-order valence-electron chi connectivity index (χ4n) is 3.03. The number of hydrogen-bond acceptors (Lipinski definition) is 6. The minimum atomic E-state index is -4.12. The van der Waals surface area contributed by atoms with Gasteiger partial charge in [0.15, 0.2) is 0 Å². The Balaban J connectivity index is 1.82. The van der Waals surface area contributed by atoms with Crippen LogP contribution in [0.5, 0.6) is 5.75 Å². The number of thiophene rings is 1. The molecule has 0 atom stereocenters. The Morgan fingerprint density at radius 3 is 2.58 bits per heavy atom. The highest BCUT2D eigenvalue weighted by molar-refractivity contribution is 7.87. The van der Waals surface area contributed by atoms with Crippen LogP contribution >= 0.6 is 22.9 Å². The Morgan fingerprint density at radius 1 is 1.13 bits per heavy atom. The van der Waals surface area contributed by atoms with Gasteiger partial charge in [-0.2, -0.15) is 8.42 Å². The summed E-state index contributed by atoms with van der Waals surface area (Å²) in [5.74, 6) is 0.0322. The van der Waals surface area contributed by atoms with E-state index in [4.69, 9.17) is 20.5 Å². The number of aryl methyl sites for hydroxylation is 1. The first-order valence-corrected chi connectivity index (χ1v) is 12.1. The van der Waals surface area contributed by atoms with E-state index in [9.17, 15) is 13.2 Å². The van der Waals surface area contributed by atoms with Gasteiger partial charge in [-0.05, 0) is 47.7 Å². The largest absolute Gasteiger partial charge is 0.383 e. The molecule has 6 nitrogen and oxygen atoms in total. The molecule has 0 fully saturated rings. The molecule has 0 N–H and O–H groups in total. The van der Waals surface area contributed by atoms with Gasteiger partial charge in [0.25, 0.3) is 5.91 Å². The first kappa shape index (κ1) is 23.3. The quantitative estimate of drug-likeness (QED) is 0.413. The molecule has 0 radical (unpaired) electrons. The lowest BCUT2D eigenvalue weighted by Gasteiger charge is -2.22. The number of rotatable bonds is 9. The average molecular weight is 480 g/mol. The van der Waals surface area contributed by atoms with Gasteiger partial charge in [-0.3, -0.25) is 4.79 Å². The molecule has 0 bridgehead atoms. The van der Waals surface area contributed by atoms with Crippen LogP contribution < -0.4 is 4.18 Å². The maximum Gasteiger partial charge on any atom is 0.340 e. The normalized spacial score (nSPS) is 11.3. The van der Waals surface area contributed by atoms with Crippen molar-refractivity contribution >= 4 is 39.0 Å². The van der Waals surface area contributed by atoms with Crippen molar-refractivity contribution in [1.29, 1.82) is 0 Å². The van der Waals surface area contributed by atoms with Crippen molar-refractivity contribution in [1.82, 2.24) is 4.90 Å². The molecule has 0 unspecified atom stereocenters. The van der Waals surface area contributed by atoms with Gasteiger partial charge in [0.05, 0.1) is 16.5 Å². The van der Waals surface area contributed by atoms with Crippen LogP contribution in [0.4, 0.5) is 0 Å². The maximum absolute atomic E-state index is 12.8. The third-order valence-electron chi connectivity index (χ3n) is 4.48. The van der Waals surface area contributed by atoms with E-state index in [1.165, 1.54) is 17.4 Å². The summed E-state index contributed by atoms with van der Waals surface area (Å²) in [6.45, 7) is 2.72. The van der Waals surface area contributed by atoms with Crippen LogP contribution in [0.3, 0.4) is 0 Å². The Hall–Kier alpha value is -2.39. The minimum absolute atomic E-state index is 0.0586. The summed E-state index contributed by atoms with van der Waals surface area (Å²) in [4.78, 5) is 15.0. The fraction of sp³-hybridized carbons (Fsp3) is 0.227.